The number of nitrogens with zero attached hydrogens (tertiary/aromatic N) is 2. The topological polar surface area (TPSA) is 105 Å². The van der Waals surface area contributed by atoms with E-state index in [9.17, 15) is 19.2 Å². The van der Waals surface area contributed by atoms with Gasteiger partial charge in [0.25, 0.3) is 0 Å². The van der Waals surface area contributed by atoms with Crippen LogP contribution in [0.25, 0.3) is 0 Å². The lowest BCUT2D eigenvalue weighted by molar-refractivity contribution is -0.139. The highest BCUT2D eigenvalue weighted by atomic mass is 16.6. The Morgan fingerprint density at radius 2 is 1.54 bits per heavy atom. The molecule has 9 heteroatoms. The lowest BCUT2D eigenvalue weighted by Crippen LogP contribution is -2.44. The first-order chi connectivity index (χ1) is 11.0. The molecular formula is C15H27N3O6. The van der Waals surface area contributed by atoms with Crippen LogP contribution in [0.15, 0.2) is 0 Å². The first-order valence-corrected chi connectivity index (χ1v) is 7.43. The number of carbonyl (C=O) groups is 4. The second-order valence-electron chi connectivity index (χ2n) is 6.30. The normalized spacial score (nSPS) is 10.8. The summed E-state index contributed by atoms with van der Waals surface area (Å²) in [6, 6.07) is 0. The minimum absolute atomic E-state index is 0.0609. The summed E-state index contributed by atoms with van der Waals surface area (Å²) in [5, 5.41) is 2.62. The van der Waals surface area contributed by atoms with Crippen molar-refractivity contribution < 1.29 is 28.7 Å². The second-order valence-corrected chi connectivity index (χ2v) is 6.30. The second kappa shape index (κ2) is 9.86. The zero-order chi connectivity index (χ0) is 18.9. The number of rotatable bonds is 8. The minimum Gasteiger partial charge on any atom is -0.468 e. The predicted molar refractivity (Wildman–Crippen MR) is 86.4 cm³/mol. The summed E-state index contributed by atoms with van der Waals surface area (Å²) in [6.07, 6.45) is -0.615. The van der Waals surface area contributed by atoms with Crippen molar-refractivity contribution in [1.29, 1.82) is 0 Å². The van der Waals surface area contributed by atoms with Crippen LogP contribution in [0.2, 0.25) is 0 Å². The fourth-order valence-corrected chi connectivity index (χ4v) is 1.51. The Morgan fingerprint density at radius 3 is 2.04 bits per heavy atom. The molecule has 0 rings (SSSR count). The number of ketones is 1. The number of amides is 2. The fraction of sp³-hybridized carbons (Fsp3) is 0.733. The van der Waals surface area contributed by atoms with E-state index >= 15 is 0 Å². The Hall–Kier alpha value is -2.16. The van der Waals surface area contributed by atoms with Crippen molar-refractivity contribution in [2.24, 2.45) is 0 Å². The highest BCUT2D eigenvalue weighted by Gasteiger charge is 2.22. The van der Waals surface area contributed by atoms with Crippen molar-refractivity contribution in [2.75, 3.05) is 47.4 Å². The van der Waals surface area contributed by atoms with Gasteiger partial charge in [0, 0.05) is 14.1 Å². The molecule has 24 heavy (non-hydrogen) atoms. The van der Waals surface area contributed by atoms with Gasteiger partial charge in [-0.15, -0.1) is 0 Å². The van der Waals surface area contributed by atoms with Gasteiger partial charge in [-0.25, -0.2) is 4.79 Å². The smallest absolute Gasteiger partial charge is 0.410 e. The van der Waals surface area contributed by atoms with Crippen LogP contribution in [0.5, 0.6) is 0 Å². The molecule has 0 heterocycles. The quantitative estimate of drug-likeness (QED) is 0.599. The number of nitrogens with one attached hydrogen (secondary N) is 1. The Kier molecular flexibility index (Phi) is 8.97. The highest BCUT2D eigenvalue weighted by molar-refractivity contribution is 5.89. The Bertz CT molecular complexity index is 472. The Labute approximate surface area is 142 Å². The van der Waals surface area contributed by atoms with Crippen LogP contribution in [-0.2, 0) is 23.9 Å². The molecule has 0 aliphatic rings. The van der Waals surface area contributed by atoms with E-state index in [2.05, 4.69) is 10.1 Å². The monoisotopic (exact) mass is 345 g/mol. The number of hydrogen-bond acceptors (Lipinski definition) is 7. The zero-order valence-corrected chi connectivity index (χ0v) is 15.2. The van der Waals surface area contributed by atoms with Crippen molar-refractivity contribution in [1.82, 2.24) is 15.1 Å². The van der Waals surface area contributed by atoms with Crippen LogP contribution in [0, 0.1) is 0 Å². The summed E-state index contributed by atoms with van der Waals surface area (Å²) in [6.45, 7) is 4.71. The molecule has 0 aromatic carbocycles. The van der Waals surface area contributed by atoms with Gasteiger partial charge in [-0.2, -0.15) is 0 Å². The highest BCUT2D eigenvalue weighted by Crippen LogP contribution is 2.09. The van der Waals surface area contributed by atoms with E-state index in [1.54, 1.807) is 20.8 Å². The summed E-state index contributed by atoms with van der Waals surface area (Å²) < 4.78 is 9.57. The van der Waals surface area contributed by atoms with Crippen LogP contribution < -0.4 is 5.32 Å². The first kappa shape index (κ1) is 21.8. The molecule has 0 radical (unpaired) electrons. The first-order valence-electron chi connectivity index (χ1n) is 7.43. The van der Waals surface area contributed by atoms with Crippen molar-refractivity contribution >= 4 is 23.8 Å². The molecule has 0 aliphatic carbocycles. The largest absolute Gasteiger partial charge is 0.468 e. The summed E-state index contributed by atoms with van der Waals surface area (Å²) in [7, 11) is 4.16. The van der Waals surface area contributed by atoms with Crippen LogP contribution in [0.4, 0.5) is 4.79 Å². The number of ether oxygens (including phenoxy) is 2. The zero-order valence-electron chi connectivity index (χ0n) is 15.2. The molecular weight excluding hydrogens is 318 g/mol. The van der Waals surface area contributed by atoms with Gasteiger partial charge in [0.1, 0.15) is 12.1 Å². The molecule has 0 unspecified atom stereocenters. The van der Waals surface area contributed by atoms with E-state index in [1.165, 1.54) is 26.1 Å². The van der Waals surface area contributed by atoms with Crippen molar-refractivity contribution in [3.05, 3.63) is 0 Å². The predicted octanol–water partition coefficient (Wildman–Crippen LogP) is -0.357. The number of Topliss-reactive ketones (excluding diaryl/α,β-unsaturated/α-hetero) is 1. The van der Waals surface area contributed by atoms with E-state index in [-0.39, 0.29) is 32.0 Å². The lowest BCUT2D eigenvalue weighted by Gasteiger charge is -2.25. The molecule has 0 fully saturated rings. The third-order valence-corrected chi connectivity index (χ3v) is 2.74. The number of hydrogen-bond donors (Lipinski definition) is 1. The molecule has 0 saturated heterocycles. The van der Waals surface area contributed by atoms with Gasteiger partial charge in [0.05, 0.1) is 26.7 Å². The lowest BCUT2D eigenvalue weighted by atomic mass is 10.2. The Morgan fingerprint density at radius 1 is 0.958 bits per heavy atom. The van der Waals surface area contributed by atoms with Gasteiger partial charge >= 0.3 is 12.1 Å². The van der Waals surface area contributed by atoms with E-state index in [1.807, 2.05) is 0 Å². The van der Waals surface area contributed by atoms with Crippen LogP contribution in [0.1, 0.15) is 20.8 Å². The molecule has 1 N–H and O–H groups in total. The van der Waals surface area contributed by atoms with Gasteiger partial charge in [-0.3, -0.25) is 19.7 Å². The molecule has 0 aromatic rings. The maximum absolute atomic E-state index is 12.0. The Balaban J connectivity index is 4.24. The summed E-state index contributed by atoms with van der Waals surface area (Å²) in [5.74, 6) is -1.15. The average Bonchev–Trinajstić information content (AvgIpc) is 2.44. The van der Waals surface area contributed by atoms with Crippen molar-refractivity contribution in [3.63, 3.8) is 0 Å². The van der Waals surface area contributed by atoms with Crippen LogP contribution in [0.3, 0.4) is 0 Å². The van der Waals surface area contributed by atoms with E-state index in [4.69, 9.17) is 4.74 Å². The van der Waals surface area contributed by atoms with Gasteiger partial charge in [-0.1, -0.05) is 0 Å². The molecule has 2 amide bonds. The third-order valence-electron chi connectivity index (χ3n) is 2.74. The van der Waals surface area contributed by atoms with Crippen LogP contribution >= 0.6 is 0 Å². The molecule has 0 bridgehead atoms. The van der Waals surface area contributed by atoms with Gasteiger partial charge in [0.15, 0.2) is 5.78 Å². The standard InChI is InChI=1S/C15H27N3O6/c1-15(2,3)24-14(22)18(5)10-12(20)17(4)9-11(19)7-16-8-13(21)23-6/h16H,7-10H2,1-6H3. The summed E-state index contributed by atoms with van der Waals surface area (Å²) in [4.78, 5) is 48.8. The SMILES string of the molecule is COC(=O)CNCC(=O)CN(C)C(=O)CN(C)C(=O)OC(C)(C)C. The van der Waals surface area contributed by atoms with E-state index < -0.39 is 23.6 Å². The third kappa shape index (κ3) is 9.78. The molecule has 0 saturated carbocycles. The summed E-state index contributed by atoms with van der Waals surface area (Å²) >= 11 is 0. The molecule has 0 atom stereocenters. The van der Waals surface area contributed by atoms with Gasteiger partial charge in [0.2, 0.25) is 5.91 Å². The van der Waals surface area contributed by atoms with E-state index in [0.717, 1.165) is 4.90 Å². The maximum Gasteiger partial charge on any atom is 0.410 e. The fourth-order valence-electron chi connectivity index (χ4n) is 1.51. The van der Waals surface area contributed by atoms with Crippen LogP contribution in [-0.4, -0.2) is 86.5 Å². The molecule has 138 valence electrons. The number of likely N-dealkylation sites (N-methyl/N-ethyl adjacent to an activating group) is 2. The number of methoxy groups -OCH3 is 1. The maximum atomic E-state index is 12.0. The number of carbonyl (C=O) groups excluding carboxylic acids is 4. The van der Waals surface area contributed by atoms with Gasteiger partial charge < -0.3 is 19.3 Å². The molecule has 0 spiro atoms. The molecule has 9 nitrogen and oxygen atoms in total. The minimum atomic E-state index is -0.651. The number of esters is 1. The molecule has 0 aromatic heterocycles. The van der Waals surface area contributed by atoms with E-state index in [0.29, 0.717) is 0 Å². The van der Waals surface area contributed by atoms with Gasteiger partial charge in [-0.05, 0) is 20.8 Å². The average molecular weight is 345 g/mol. The van der Waals surface area contributed by atoms with Crippen molar-refractivity contribution in [3.8, 4) is 0 Å². The van der Waals surface area contributed by atoms with Crippen molar-refractivity contribution in [2.45, 2.75) is 26.4 Å². The summed E-state index contributed by atoms with van der Waals surface area (Å²) in [5.41, 5.74) is -0.651. The molecule has 0 aliphatic heterocycles.